The molecule has 0 amide bonds. The van der Waals surface area contributed by atoms with Gasteiger partial charge < -0.3 is 0 Å². The summed E-state index contributed by atoms with van der Waals surface area (Å²) in [7, 11) is -2.24. The molecule has 4 nitrogen and oxygen atoms in total. The molecular weight excluding hydrogens is 202 g/mol. The molecule has 0 radical (unpaired) electrons. The second kappa shape index (κ2) is 4.90. The summed E-state index contributed by atoms with van der Waals surface area (Å²) >= 11 is 0. The average molecular weight is 213 g/mol. The van der Waals surface area contributed by atoms with E-state index in [0.29, 0.717) is 0 Å². The Bertz CT molecular complexity index is 397. The summed E-state index contributed by atoms with van der Waals surface area (Å²) in [5, 5.41) is 1.05. The van der Waals surface area contributed by atoms with Gasteiger partial charge in [0.1, 0.15) is 0 Å². The standard InChI is InChI=1S/C9H11NO3S/c1-13-10-14(11,12)8-7-9-5-3-2-4-6-9/h2-8,10H,1H3/b8-7+. The first-order valence-corrected chi connectivity index (χ1v) is 5.46. The van der Waals surface area contributed by atoms with E-state index in [1.165, 1.54) is 13.2 Å². The van der Waals surface area contributed by atoms with E-state index in [1.54, 1.807) is 12.1 Å². The van der Waals surface area contributed by atoms with Crippen molar-refractivity contribution in [3.63, 3.8) is 0 Å². The minimum Gasteiger partial charge on any atom is -0.290 e. The van der Waals surface area contributed by atoms with E-state index < -0.39 is 10.0 Å². The zero-order valence-electron chi connectivity index (χ0n) is 7.67. The highest BCUT2D eigenvalue weighted by Crippen LogP contribution is 2.02. The molecule has 1 aromatic rings. The van der Waals surface area contributed by atoms with Gasteiger partial charge in [-0.3, -0.25) is 4.84 Å². The summed E-state index contributed by atoms with van der Waals surface area (Å²) in [6.45, 7) is 0. The fraction of sp³-hybridized carbons (Fsp3) is 0.111. The molecule has 1 aromatic carbocycles. The molecule has 0 spiro atoms. The van der Waals surface area contributed by atoms with E-state index in [1.807, 2.05) is 23.1 Å². The van der Waals surface area contributed by atoms with E-state index in [0.717, 1.165) is 11.0 Å². The van der Waals surface area contributed by atoms with Gasteiger partial charge in [0.25, 0.3) is 10.0 Å². The molecule has 0 aliphatic carbocycles. The molecule has 1 N–H and O–H groups in total. The Morgan fingerprint density at radius 2 is 1.93 bits per heavy atom. The lowest BCUT2D eigenvalue weighted by molar-refractivity contribution is 0.154. The second-order valence-corrected chi connectivity index (χ2v) is 4.07. The van der Waals surface area contributed by atoms with Crippen LogP contribution in [0, 0.1) is 0 Å². The third-order valence-electron chi connectivity index (χ3n) is 1.44. The van der Waals surface area contributed by atoms with E-state index in [-0.39, 0.29) is 0 Å². The van der Waals surface area contributed by atoms with Crippen LogP contribution in [-0.4, -0.2) is 15.5 Å². The number of benzene rings is 1. The molecule has 76 valence electrons. The zero-order chi connectivity index (χ0) is 10.4. The van der Waals surface area contributed by atoms with Crippen molar-refractivity contribution in [2.45, 2.75) is 0 Å². The zero-order valence-corrected chi connectivity index (χ0v) is 8.49. The third kappa shape index (κ3) is 3.69. The van der Waals surface area contributed by atoms with Crippen LogP contribution >= 0.6 is 0 Å². The maximum Gasteiger partial charge on any atom is 0.255 e. The molecule has 0 saturated heterocycles. The van der Waals surface area contributed by atoms with Gasteiger partial charge in [0.2, 0.25) is 0 Å². The van der Waals surface area contributed by atoms with E-state index in [2.05, 4.69) is 4.84 Å². The van der Waals surface area contributed by atoms with Crippen molar-refractivity contribution in [1.29, 1.82) is 0 Å². The van der Waals surface area contributed by atoms with Crippen LogP contribution < -0.4 is 4.89 Å². The molecule has 0 unspecified atom stereocenters. The topological polar surface area (TPSA) is 55.4 Å². The molecule has 0 aliphatic heterocycles. The summed E-state index contributed by atoms with van der Waals surface area (Å²) < 4.78 is 22.2. The fourth-order valence-electron chi connectivity index (χ4n) is 0.876. The number of rotatable bonds is 4. The Morgan fingerprint density at radius 1 is 1.29 bits per heavy atom. The Labute approximate surface area is 83.2 Å². The molecule has 0 heterocycles. The van der Waals surface area contributed by atoms with Crippen molar-refractivity contribution in [3.8, 4) is 0 Å². The van der Waals surface area contributed by atoms with Gasteiger partial charge in [0.15, 0.2) is 0 Å². The Balaban J connectivity index is 2.74. The minimum atomic E-state index is -3.48. The number of hydrogen-bond acceptors (Lipinski definition) is 3. The highest BCUT2D eigenvalue weighted by atomic mass is 32.2. The highest BCUT2D eigenvalue weighted by Gasteiger charge is 2.01. The molecule has 5 heteroatoms. The molecule has 0 aliphatic rings. The van der Waals surface area contributed by atoms with Gasteiger partial charge in [-0.05, 0) is 11.6 Å². The first-order chi connectivity index (χ1) is 6.64. The monoisotopic (exact) mass is 213 g/mol. The quantitative estimate of drug-likeness (QED) is 0.763. The van der Waals surface area contributed by atoms with Gasteiger partial charge in [-0.25, -0.2) is 8.42 Å². The SMILES string of the molecule is CONS(=O)(=O)/C=C/c1ccccc1. The smallest absolute Gasteiger partial charge is 0.255 e. The maximum atomic E-state index is 11.1. The Hall–Kier alpha value is -1.17. The van der Waals surface area contributed by atoms with Crippen LogP contribution in [0.5, 0.6) is 0 Å². The molecule has 0 aromatic heterocycles. The number of hydrogen-bond donors (Lipinski definition) is 1. The molecule has 14 heavy (non-hydrogen) atoms. The van der Waals surface area contributed by atoms with Crippen LogP contribution in [0.2, 0.25) is 0 Å². The summed E-state index contributed by atoms with van der Waals surface area (Å²) in [6, 6.07) is 9.13. The lowest BCUT2D eigenvalue weighted by Gasteiger charge is -1.97. The predicted octanol–water partition coefficient (Wildman–Crippen LogP) is 1.14. The Kier molecular flexibility index (Phi) is 3.82. The van der Waals surface area contributed by atoms with Gasteiger partial charge >= 0.3 is 0 Å². The van der Waals surface area contributed by atoms with Crippen molar-refractivity contribution in [3.05, 3.63) is 41.3 Å². The Morgan fingerprint density at radius 3 is 2.50 bits per heavy atom. The molecule has 0 bridgehead atoms. The van der Waals surface area contributed by atoms with Crippen LogP contribution in [0.4, 0.5) is 0 Å². The lowest BCUT2D eigenvalue weighted by atomic mass is 10.2. The van der Waals surface area contributed by atoms with Crippen molar-refractivity contribution < 1.29 is 13.3 Å². The van der Waals surface area contributed by atoms with Crippen LogP contribution in [0.25, 0.3) is 6.08 Å². The summed E-state index contributed by atoms with van der Waals surface area (Å²) in [5.41, 5.74) is 0.814. The van der Waals surface area contributed by atoms with Crippen molar-refractivity contribution in [1.82, 2.24) is 4.89 Å². The molecule has 0 fully saturated rings. The van der Waals surface area contributed by atoms with Crippen LogP contribution in [0.15, 0.2) is 35.7 Å². The number of nitrogens with one attached hydrogen (secondary N) is 1. The molecular formula is C9H11NO3S. The van der Waals surface area contributed by atoms with Gasteiger partial charge in [-0.15, -0.1) is 0 Å². The summed E-state index contributed by atoms with van der Waals surface area (Å²) in [6.07, 6.45) is 1.49. The van der Waals surface area contributed by atoms with Crippen molar-refractivity contribution in [2.75, 3.05) is 7.11 Å². The third-order valence-corrected chi connectivity index (χ3v) is 2.33. The number of sulfonamides is 1. The second-order valence-electron chi connectivity index (χ2n) is 2.55. The average Bonchev–Trinajstić information content (AvgIpc) is 2.17. The maximum absolute atomic E-state index is 11.1. The molecule has 1 rings (SSSR count). The van der Waals surface area contributed by atoms with Crippen LogP contribution in [0.1, 0.15) is 5.56 Å². The lowest BCUT2D eigenvalue weighted by Crippen LogP contribution is -2.19. The van der Waals surface area contributed by atoms with E-state index in [9.17, 15) is 8.42 Å². The van der Waals surface area contributed by atoms with Gasteiger partial charge in [-0.2, -0.15) is 0 Å². The van der Waals surface area contributed by atoms with Crippen LogP contribution in [-0.2, 0) is 14.9 Å². The van der Waals surface area contributed by atoms with E-state index >= 15 is 0 Å². The summed E-state index contributed by atoms with van der Waals surface area (Å²) in [5.74, 6) is 0. The van der Waals surface area contributed by atoms with Gasteiger partial charge in [0.05, 0.1) is 7.11 Å². The highest BCUT2D eigenvalue weighted by molar-refractivity contribution is 7.92. The normalized spacial score (nSPS) is 12.1. The molecule has 0 saturated carbocycles. The summed E-state index contributed by atoms with van der Waals surface area (Å²) in [4.78, 5) is 6.18. The van der Waals surface area contributed by atoms with Gasteiger partial charge in [-0.1, -0.05) is 35.2 Å². The predicted molar refractivity (Wildman–Crippen MR) is 54.5 cm³/mol. The first kappa shape index (κ1) is 10.9. The first-order valence-electron chi connectivity index (χ1n) is 3.92. The van der Waals surface area contributed by atoms with Crippen molar-refractivity contribution >= 4 is 16.1 Å². The van der Waals surface area contributed by atoms with Crippen molar-refractivity contribution in [2.24, 2.45) is 0 Å². The largest absolute Gasteiger partial charge is 0.290 e. The van der Waals surface area contributed by atoms with Gasteiger partial charge in [0, 0.05) is 5.41 Å². The minimum absolute atomic E-state index is 0.814. The van der Waals surface area contributed by atoms with E-state index in [4.69, 9.17) is 0 Å². The fourth-order valence-corrected chi connectivity index (χ4v) is 1.50. The van der Waals surface area contributed by atoms with Crippen LogP contribution in [0.3, 0.4) is 0 Å². The molecule has 0 atom stereocenters.